The molecule has 0 saturated heterocycles. The van der Waals surface area contributed by atoms with Crippen LogP contribution in [0.1, 0.15) is 29.9 Å². The Morgan fingerprint density at radius 1 is 1.67 bits per heavy atom. The molecular formula is C9H14N4OS. The summed E-state index contributed by atoms with van der Waals surface area (Å²) in [5.74, 6) is 0.141. The lowest BCUT2D eigenvalue weighted by Crippen LogP contribution is -2.33. The van der Waals surface area contributed by atoms with Crippen LogP contribution in [0.25, 0.3) is 0 Å². The molecule has 0 spiro atoms. The molecule has 1 saturated carbocycles. The molecule has 1 aromatic heterocycles. The number of hydrogen-bond acceptors (Lipinski definition) is 4. The second-order valence-electron chi connectivity index (χ2n) is 3.68. The summed E-state index contributed by atoms with van der Waals surface area (Å²) in [4.78, 5) is 15.4. The van der Waals surface area contributed by atoms with Crippen molar-refractivity contribution >= 4 is 17.7 Å². The number of carbonyl (C=O) groups is 1. The van der Waals surface area contributed by atoms with Crippen LogP contribution >= 0.6 is 11.8 Å². The zero-order valence-corrected chi connectivity index (χ0v) is 9.38. The third kappa shape index (κ3) is 2.50. The normalized spacial score (nSPS) is 25.4. The summed E-state index contributed by atoms with van der Waals surface area (Å²) in [6, 6.07) is 0.292. The molecule has 82 valence electrons. The Morgan fingerprint density at radius 3 is 3.13 bits per heavy atom. The molecule has 15 heavy (non-hydrogen) atoms. The first-order valence-electron chi connectivity index (χ1n) is 4.98. The SMILES string of the molecule is CSC1CCC(NC(=O)c2ncn[nH]2)C1. The van der Waals surface area contributed by atoms with E-state index in [0.717, 1.165) is 12.8 Å². The Bertz CT molecular complexity index is 327. The smallest absolute Gasteiger partial charge is 0.288 e. The van der Waals surface area contributed by atoms with Crippen molar-refractivity contribution in [2.75, 3.05) is 6.26 Å². The third-order valence-electron chi connectivity index (χ3n) is 2.68. The Kier molecular flexibility index (Phi) is 3.25. The van der Waals surface area contributed by atoms with Crippen LogP contribution in [-0.2, 0) is 0 Å². The van der Waals surface area contributed by atoms with Gasteiger partial charge in [0.1, 0.15) is 6.33 Å². The van der Waals surface area contributed by atoms with Gasteiger partial charge in [0, 0.05) is 11.3 Å². The van der Waals surface area contributed by atoms with Crippen LogP contribution in [-0.4, -0.2) is 38.6 Å². The number of nitrogens with zero attached hydrogens (tertiary/aromatic N) is 2. The van der Waals surface area contributed by atoms with Crippen molar-refractivity contribution in [3.8, 4) is 0 Å². The average Bonchev–Trinajstić information content (AvgIpc) is 2.87. The topological polar surface area (TPSA) is 70.7 Å². The lowest BCUT2D eigenvalue weighted by Gasteiger charge is -2.10. The third-order valence-corrected chi connectivity index (χ3v) is 3.78. The Labute approximate surface area is 92.4 Å². The highest BCUT2D eigenvalue weighted by molar-refractivity contribution is 7.99. The minimum absolute atomic E-state index is 0.153. The van der Waals surface area contributed by atoms with Crippen molar-refractivity contribution in [2.45, 2.75) is 30.6 Å². The number of H-pyrrole nitrogens is 1. The van der Waals surface area contributed by atoms with E-state index in [0.29, 0.717) is 17.1 Å². The number of nitrogens with one attached hydrogen (secondary N) is 2. The summed E-state index contributed by atoms with van der Waals surface area (Å²) in [5, 5.41) is 9.85. The van der Waals surface area contributed by atoms with Crippen LogP contribution in [0.2, 0.25) is 0 Å². The molecular weight excluding hydrogens is 212 g/mol. The van der Waals surface area contributed by atoms with Gasteiger partial charge in [0.2, 0.25) is 5.82 Å². The molecule has 0 aromatic carbocycles. The van der Waals surface area contributed by atoms with Crippen LogP contribution in [0.5, 0.6) is 0 Å². The predicted molar refractivity (Wildman–Crippen MR) is 58.8 cm³/mol. The first kappa shape index (κ1) is 10.5. The molecule has 1 heterocycles. The molecule has 0 bridgehead atoms. The van der Waals surface area contributed by atoms with Crippen molar-refractivity contribution in [3.05, 3.63) is 12.2 Å². The molecule has 0 radical (unpaired) electrons. The van der Waals surface area contributed by atoms with Gasteiger partial charge in [0.15, 0.2) is 0 Å². The lowest BCUT2D eigenvalue weighted by atomic mass is 10.2. The van der Waals surface area contributed by atoms with Gasteiger partial charge in [-0.2, -0.15) is 16.9 Å². The minimum atomic E-state index is -0.153. The molecule has 1 aromatic rings. The first-order valence-corrected chi connectivity index (χ1v) is 6.27. The second-order valence-corrected chi connectivity index (χ2v) is 4.81. The summed E-state index contributed by atoms with van der Waals surface area (Å²) >= 11 is 1.87. The summed E-state index contributed by atoms with van der Waals surface area (Å²) in [6.07, 6.45) is 6.76. The number of carbonyl (C=O) groups excluding carboxylic acids is 1. The highest BCUT2D eigenvalue weighted by Crippen LogP contribution is 2.28. The van der Waals surface area contributed by atoms with E-state index in [1.54, 1.807) is 0 Å². The molecule has 2 rings (SSSR count). The maximum Gasteiger partial charge on any atom is 0.288 e. The van der Waals surface area contributed by atoms with Crippen molar-refractivity contribution in [1.82, 2.24) is 20.5 Å². The second kappa shape index (κ2) is 4.65. The summed E-state index contributed by atoms with van der Waals surface area (Å²) in [6.45, 7) is 0. The number of rotatable bonds is 3. The van der Waals surface area contributed by atoms with Crippen LogP contribution < -0.4 is 5.32 Å². The maximum atomic E-state index is 11.6. The van der Waals surface area contributed by atoms with Gasteiger partial charge in [-0.15, -0.1) is 0 Å². The fourth-order valence-corrected chi connectivity index (χ4v) is 2.65. The Balaban J connectivity index is 1.86. The Morgan fingerprint density at radius 2 is 2.53 bits per heavy atom. The largest absolute Gasteiger partial charge is 0.347 e. The predicted octanol–water partition coefficient (Wildman–Crippen LogP) is 0.819. The van der Waals surface area contributed by atoms with E-state index in [2.05, 4.69) is 26.8 Å². The van der Waals surface area contributed by atoms with E-state index in [1.807, 2.05) is 11.8 Å². The zero-order valence-electron chi connectivity index (χ0n) is 8.56. The molecule has 5 nitrogen and oxygen atoms in total. The van der Waals surface area contributed by atoms with Crippen LogP contribution in [0.4, 0.5) is 0 Å². The van der Waals surface area contributed by atoms with Crippen LogP contribution in [0.3, 0.4) is 0 Å². The fraction of sp³-hybridized carbons (Fsp3) is 0.667. The van der Waals surface area contributed by atoms with Crippen molar-refractivity contribution < 1.29 is 4.79 Å². The molecule has 1 aliphatic carbocycles. The number of amides is 1. The molecule has 2 unspecified atom stereocenters. The van der Waals surface area contributed by atoms with Gasteiger partial charge in [-0.05, 0) is 25.5 Å². The van der Waals surface area contributed by atoms with Gasteiger partial charge in [-0.25, -0.2) is 4.98 Å². The van der Waals surface area contributed by atoms with Gasteiger partial charge in [0.25, 0.3) is 5.91 Å². The zero-order chi connectivity index (χ0) is 10.7. The highest BCUT2D eigenvalue weighted by atomic mass is 32.2. The molecule has 2 N–H and O–H groups in total. The lowest BCUT2D eigenvalue weighted by molar-refractivity contribution is 0.0928. The summed E-state index contributed by atoms with van der Waals surface area (Å²) in [7, 11) is 0. The minimum Gasteiger partial charge on any atom is -0.347 e. The quantitative estimate of drug-likeness (QED) is 0.800. The van der Waals surface area contributed by atoms with Crippen molar-refractivity contribution in [2.24, 2.45) is 0 Å². The van der Waals surface area contributed by atoms with E-state index in [-0.39, 0.29) is 5.91 Å². The van der Waals surface area contributed by atoms with Crippen molar-refractivity contribution in [3.63, 3.8) is 0 Å². The highest BCUT2D eigenvalue weighted by Gasteiger charge is 2.25. The Hall–Kier alpha value is -1.04. The van der Waals surface area contributed by atoms with Crippen molar-refractivity contribution in [1.29, 1.82) is 0 Å². The standard InChI is InChI=1S/C9H14N4OS/c1-15-7-3-2-6(4-7)12-9(14)8-10-5-11-13-8/h5-7H,2-4H2,1H3,(H,12,14)(H,10,11,13). The number of thioether (sulfide) groups is 1. The number of aromatic amines is 1. The monoisotopic (exact) mass is 226 g/mol. The molecule has 0 aliphatic heterocycles. The summed E-state index contributed by atoms with van der Waals surface area (Å²) < 4.78 is 0. The molecule has 1 aliphatic rings. The number of aromatic nitrogens is 3. The van der Waals surface area contributed by atoms with Gasteiger partial charge in [0.05, 0.1) is 0 Å². The van der Waals surface area contributed by atoms with Gasteiger partial charge < -0.3 is 5.32 Å². The summed E-state index contributed by atoms with van der Waals surface area (Å²) in [5.41, 5.74) is 0. The van der Waals surface area contributed by atoms with Gasteiger partial charge in [-0.3, -0.25) is 9.89 Å². The van der Waals surface area contributed by atoms with E-state index in [9.17, 15) is 4.79 Å². The van der Waals surface area contributed by atoms with Crippen LogP contribution in [0, 0.1) is 0 Å². The van der Waals surface area contributed by atoms with Gasteiger partial charge in [-0.1, -0.05) is 0 Å². The first-order chi connectivity index (χ1) is 7.29. The van der Waals surface area contributed by atoms with Crippen LogP contribution in [0.15, 0.2) is 6.33 Å². The molecule has 6 heteroatoms. The van der Waals surface area contributed by atoms with E-state index < -0.39 is 0 Å². The van der Waals surface area contributed by atoms with Gasteiger partial charge >= 0.3 is 0 Å². The molecule has 1 fully saturated rings. The average molecular weight is 226 g/mol. The molecule has 1 amide bonds. The maximum absolute atomic E-state index is 11.6. The fourth-order valence-electron chi connectivity index (χ4n) is 1.85. The van der Waals surface area contributed by atoms with E-state index in [4.69, 9.17) is 0 Å². The number of hydrogen-bond donors (Lipinski definition) is 2. The van der Waals surface area contributed by atoms with E-state index in [1.165, 1.54) is 12.7 Å². The molecule has 2 atom stereocenters. The van der Waals surface area contributed by atoms with E-state index >= 15 is 0 Å².